The second kappa shape index (κ2) is 4.33. The predicted octanol–water partition coefficient (Wildman–Crippen LogP) is 2.22. The highest BCUT2D eigenvalue weighted by Gasteiger charge is 2.25. The minimum Gasteiger partial charge on any atom is -0.330 e. The summed E-state index contributed by atoms with van der Waals surface area (Å²) in [5, 5.41) is 2.89. The molecule has 1 aliphatic rings. The van der Waals surface area contributed by atoms with Crippen LogP contribution in [0.5, 0.6) is 0 Å². The van der Waals surface area contributed by atoms with E-state index in [-0.39, 0.29) is 11.8 Å². The average molecular weight is 269 g/mol. The van der Waals surface area contributed by atoms with Gasteiger partial charge in [-0.05, 0) is 46.4 Å². The van der Waals surface area contributed by atoms with Crippen LogP contribution in [0.15, 0.2) is 22.7 Å². The first-order chi connectivity index (χ1) is 7.22. The van der Waals surface area contributed by atoms with Gasteiger partial charge in [0.1, 0.15) is 0 Å². The number of halogens is 1. The highest BCUT2D eigenvalue weighted by molar-refractivity contribution is 9.10. The van der Waals surface area contributed by atoms with Gasteiger partial charge in [-0.3, -0.25) is 4.79 Å². The van der Waals surface area contributed by atoms with Crippen LogP contribution >= 0.6 is 15.9 Å². The van der Waals surface area contributed by atoms with E-state index in [0.717, 1.165) is 16.6 Å². The molecule has 0 fully saturated rings. The molecule has 0 bridgehead atoms. The SMILES string of the molecule is NCCC1CC(=O)Nc2c(Br)cccc21. The molecule has 0 spiro atoms. The van der Waals surface area contributed by atoms with Crippen LogP contribution in [0.4, 0.5) is 5.69 Å². The first-order valence-corrected chi connectivity index (χ1v) is 5.80. The molecule has 1 aromatic rings. The quantitative estimate of drug-likeness (QED) is 0.865. The van der Waals surface area contributed by atoms with Gasteiger partial charge in [-0.15, -0.1) is 0 Å². The van der Waals surface area contributed by atoms with Crippen LogP contribution in [-0.2, 0) is 4.79 Å². The molecule has 2 rings (SSSR count). The number of carbonyl (C=O) groups excluding carboxylic acids is 1. The lowest BCUT2D eigenvalue weighted by atomic mass is 9.88. The van der Waals surface area contributed by atoms with Crippen molar-refractivity contribution in [2.24, 2.45) is 5.73 Å². The lowest BCUT2D eigenvalue weighted by Crippen LogP contribution is -2.24. The normalized spacial score (nSPS) is 19.6. The Morgan fingerprint density at radius 3 is 3.07 bits per heavy atom. The summed E-state index contributed by atoms with van der Waals surface area (Å²) in [4.78, 5) is 11.5. The number of amides is 1. The Morgan fingerprint density at radius 2 is 2.33 bits per heavy atom. The lowest BCUT2D eigenvalue weighted by molar-refractivity contribution is -0.116. The summed E-state index contributed by atoms with van der Waals surface area (Å²) in [7, 11) is 0. The fourth-order valence-electron chi connectivity index (χ4n) is 2.00. The van der Waals surface area contributed by atoms with Crippen molar-refractivity contribution in [3.63, 3.8) is 0 Å². The molecule has 1 aliphatic heterocycles. The molecular weight excluding hydrogens is 256 g/mol. The molecule has 1 atom stereocenters. The molecule has 3 nitrogen and oxygen atoms in total. The second-order valence-corrected chi connectivity index (χ2v) is 4.58. The number of rotatable bonds is 2. The topological polar surface area (TPSA) is 55.1 Å². The van der Waals surface area contributed by atoms with Gasteiger partial charge < -0.3 is 11.1 Å². The van der Waals surface area contributed by atoms with E-state index in [1.165, 1.54) is 5.56 Å². The molecule has 15 heavy (non-hydrogen) atoms. The van der Waals surface area contributed by atoms with Gasteiger partial charge in [-0.25, -0.2) is 0 Å². The zero-order chi connectivity index (χ0) is 10.8. The van der Waals surface area contributed by atoms with Gasteiger partial charge in [0.25, 0.3) is 0 Å². The molecule has 3 N–H and O–H groups in total. The van der Waals surface area contributed by atoms with Crippen LogP contribution in [0, 0.1) is 0 Å². The maximum Gasteiger partial charge on any atom is 0.225 e. The van der Waals surface area contributed by atoms with Gasteiger partial charge in [0.15, 0.2) is 0 Å². The smallest absolute Gasteiger partial charge is 0.225 e. The molecule has 1 unspecified atom stereocenters. The summed E-state index contributed by atoms with van der Waals surface area (Å²) < 4.78 is 0.940. The van der Waals surface area contributed by atoms with Crippen LogP contribution in [0.25, 0.3) is 0 Å². The minimum absolute atomic E-state index is 0.0767. The van der Waals surface area contributed by atoms with Crippen molar-refractivity contribution in [3.8, 4) is 0 Å². The van der Waals surface area contributed by atoms with Crippen molar-refractivity contribution in [1.82, 2.24) is 0 Å². The third-order valence-corrected chi connectivity index (χ3v) is 3.36. The number of anilines is 1. The van der Waals surface area contributed by atoms with E-state index in [9.17, 15) is 4.79 Å². The summed E-state index contributed by atoms with van der Waals surface area (Å²) in [6.45, 7) is 0.615. The van der Waals surface area contributed by atoms with Crippen molar-refractivity contribution >= 4 is 27.5 Å². The van der Waals surface area contributed by atoms with E-state index in [1.807, 2.05) is 12.1 Å². The zero-order valence-corrected chi connectivity index (χ0v) is 9.88. The Bertz CT molecular complexity index is 392. The van der Waals surface area contributed by atoms with Crippen molar-refractivity contribution in [2.75, 3.05) is 11.9 Å². The molecular formula is C11H13BrN2O. The van der Waals surface area contributed by atoms with E-state index < -0.39 is 0 Å². The average Bonchev–Trinajstić information content (AvgIpc) is 2.20. The Kier molecular flexibility index (Phi) is 3.07. The molecule has 1 aromatic carbocycles. The Balaban J connectivity index is 2.41. The highest BCUT2D eigenvalue weighted by Crippen LogP contribution is 2.38. The summed E-state index contributed by atoms with van der Waals surface area (Å²) in [5.41, 5.74) is 7.66. The largest absolute Gasteiger partial charge is 0.330 e. The summed E-state index contributed by atoms with van der Waals surface area (Å²) in [6, 6.07) is 5.98. The van der Waals surface area contributed by atoms with Gasteiger partial charge in [0.2, 0.25) is 5.91 Å². The Morgan fingerprint density at radius 1 is 1.53 bits per heavy atom. The van der Waals surface area contributed by atoms with Crippen LogP contribution in [-0.4, -0.2) is 12.5 Å². The number of nitrogens with one attached hydrogen (secondary N) is 1. The maximum atomic E-state index is 11.5. The number of fused-ring (bicyclic) bond motifs is 1. The van der Waals surface area contributed by atoms with E-state index in [2.05, 4.69) is 27.3 Å². The van der Waals surface area contributed by atoms with Gasteiger partial charge in [-0.2, -0.15) is 0 Å². The Labute approximate surface area is 97.2 Å². The van der Waals surface area contributed by atoms with E-state index >= 15 is 0 Å². The predicted molar refractivity (Wildman–Crippen MR) is 63.8 cm³/mol. The van der Waals surface area contributed by atoms with Crippen LogP contribution < -0.4 is 11.1 Å². The first-order valence-electron chi connectivity index (χ1n) is 5.00. The van der Waals surface area contributed by atoms with Crippen LogP contribution in [0.2, 0.25) is 0 Å². The number of hydrogen-bond donors (Lipinski definition) is 2. The molecule has 0 saturated carbocycles. The van der Waals surface area contributed by atoms with Crippen molar-refractivity contribution in [2.45, 2.75) is 18.8 Å². The molecule has 0 radical (unpaired) electrons. The number of carbonyl (C=O) groups is 1. The third-order valence-electron chi connectivity index (χ3n) is 2.70. The molecule has 0 saturated heterocycles. The Hall–Kier alpha value is -0.870. The fraction of sp³-hybridized carbons (Fsp3) is 0.364. The first kappa shape index (κ1) is 10.6. The molecule has 1 amide bonds. The van der Waals surface area contributed by atoms with Gasteiger partial charge >= 0.3 is 0 Å². The van der Waals surface area contributed by atoms with Gasteiger partial charge in [0, 0.05) is 10.9 Å². The van der Waals surface area contributed by atoms with Crippen molar-refractivity contribution < 1.29 is 4.79 Å². The van der Waals surface area contributed by atoms with Crippen molar-refractivity contribution in [1.29, 1.82) is 0 Å². The molecule has 80 valence electrons. The van der Waals surface area contributed by atoms with Crippen molar-refractivity contribution in [3.05, 3.63) is 28.2 Å². The second-order valence-electron chi connectivity index (χ2n) is 3.73. The third kappa shape index (κ3) is 2.06. The van der Waals surface area contributed by atoms with E-state index in [1.54, 1.807) is 0 Å². The van der Waals surface area contributed by atoms with Gasteiger partial charge in [0.05, 0.1) is 5.69 Å². The molecule has 0 aromatic heterocycles. The molecule has 0 aliphatic carbocycles. The van der Waals surface area contributed by atoms with E-state index in [4.69, 9.17) is 5.73 Å². The fourth-order valence-corrected chi connectivity index (χ4v) is 2.48. The number of benzene rings is 1. The highest BCUT2D eigenvalue weighted by atomic mass is 79.9. The number of nitrogens with two attached hydrogens (primary N) is 1. The minimum atomic E-state index is 0.0767. The van der Waals surface area contributed by atoms with Crippen LogP contribution in [0.3, 0.4) is 0 Å². The zero-order valence-electron chi connectivity index (χ0n) is 8.29. The van der Waals surface area contributed by atoms with E-state index in [0.29, 0.717) is 13.0 Å². The number of hydrogen-bond acceptors (Lipinski definition) is 2. The molecule has 1 heterocycles. The maximum absolute atomic E-state index is 11.5. The summed E-state index contributed by atoms with van der Waals surface area (Å²) in [5.74, 6) is 0.337. The lowest BCUT2D eigenvalue weighted by Gasteiger charge is -2.26. The number of para-hydroxylation sites is 1. The molecule has 4 heteroatoms. The standard InChI is InChI=1S/C11H13BrN2O/c12-9-3-1-2-8-7(4-5-13)6-10(15)14-11(8)9/h1-3,7H,4-6,13H2,(H,14,15). The van der Waals surface area contributed by atoms with Crippen LogP contribution in [0.1, 0.15) is 24.3 Å². The summed E-state index contributed by atoms with van der Waals surface area (Å²) >= 11 is 3.44. The van der Waals surface area contributed by atoms with Gasteiger partial charge in [-0.1, -0.05) is 12.1 Å². The summed E-state index contributed by atoms with van der Waals surface area (Å²) in [6.07, 6.45) is 1.40. The monoisotopic (exact) mass is 268 g/mol.